The summed E-state index contributed by atoms with van der Waals surface area (Å²) in [6.07, 6.45) is 0. The van der Waals surface area contributed by atoms with Gasteiger partial charge in [0, 0.05) is 31.1 Å². The molecule has 1 unspecified atom stereocenters. The molecule has 4 heteroatoms. The summed E-state index contributed by atoms with van der Waals surface area (Å²) < 4.78 is 5.56. The number of rotatable bonds is 2. The van der Waals surface area contributed by atoms with Crippen LogP contribution >= 0.6 is 0 Å². The van der Waals surface area contributed by atoms with Crippen LogP contribution < -0.4 is 15.0 Å². The van der Waals surface area contributed by atoms with E-state index in [1.807, 2.05) is 47.4 Å². The van der Waals surface area contributed by atoms with Gasteiger partial charge in [0.05, 0.1) is 12.8 Å². The highest BCUT2D eigenvalue weighted by Gasteiger charge is 2.40. The Kier molecular flexibility index (Phi) is 3.54. The van der Waals surface area contributed by atoms with E-state index in [-0.39, 0.29) is 5.91 Å². The van der Waals surface area contributed by atoms with Gasteiger partial charge in [0.2, 0.25) is 0 Å². The van der Waals surface area contributed by atoms with Crippen molar-refractivity contribution in [2.45, 2.75) is 5.92 Å². The highest BCUT2D eigenvalue weighted by molar-refractivity contribution is 6.07. The van der Waals surface area contributed by atoms with E-state index < -0.39 is 0 Å². The van der Waals surface area contributed by atoms with Crippen LogP contribution in [0.5, 0.6) is 5.75 Å². The molecule has 1 amide bonds. The Morgan fingerprint density at radius 1 is 1.13 bits per heavy atom. The van der Waals surface area contributed by atoms with Gasteiger partial charge in [-0.3, -0.25) is 4.79 Å². The van der Waals surface area contributed by atoms with Gasteiger partial charge in [-0.15, -0.1) is 0 Å². The first-order valence-corrected chi connectivity index (χ1v) is 8.04. The SMILES string of the molecule is COc1cccc2c1N(C(=O)c1ccccc1)C[C@H]1CNCC21. The number of anilines is 1. The molecule has 2 heterocycles. The molecule has 2 aromatic rings. The number of carbonyl (C=O) groups excluding carboxylic acids is 1. The topological polar surface area (TPSA) is 41.6 Å². The molecular weight excluding hydrogens is 288 g/mol. The second kappa shape index (κ2) is 5.70. The monoisotopic (exact) mass is 308 g/mol. The number of carbonyl (C=O) groups is 1. The maximum absolute atomic E-state index is 13.1. The minimum absolute atomic E-state index is 0.0432. The molecule has 118 valence electrons. The zero-order chi connectivity index (χ0) is 15.8. The van der Waals surface area contributed by atoms with Crippen molar-refractivity contribution < 1.29 is 9.53 Å². The zero-order valence-corrected chi connectivity index (χ0v) is 13.2. The van der Waals surface area contributed by atoms with Gasteiger partial charge in [0.1, 0.15) is 5.75 Å². The quantitative estimate of drug-likeness (QED) is 0.927. The molecule has 1 N–H and O–H groups in total. The Bertz CT molecular complexity index is 729. The van der Waals surface area contributed by atoms with Crippen molar-refractivity contribution in [2.75, 3.05) is 31.6 Å². The highest BCUT2D eigenvalue weighted by Crippen LogP contribution is 2.45. The van der Waals surface area contributed by atoms with E-state index >= 15 is 0 Å². The molecule has 2 aliphatic rings. The molecule has 2 aromatic carbocycles. The predicted octanol–water partition coefficient (Wildman–Crippen LogP) is 2.66. The van der Waals surface area contributed by atoms with Crippen molar-refractivity contribution in [1.82, 2.24) is 5.32 Å². The van der Waals surface area contributed by atoms with Gasteiger partial charge >= 0.3 is 0 Å². The summed E-state index contributed by atoms with van der Waals surface area (Å²) in [5.74, 6) is 1.74. The number of methoxy groups -OCH3 is 1. The Morgan fingerprint density at radius 2 is 1.96 bits per heavy atom. The molecule has 0 spiro atoms. The van der Waals surface area contributed by atoms with Crippen molar-refractivity contribution in [2.24, 2.45) is 5.92 Å². The molecule has 0 radical (unpaired) electrons. The van der Waals surface area contributed by atoms with Crippen molar-refractivity contribution in [3.05, 3.63) is 59.7 Å². The number of nitrogens with one attached hydrogen (secondary N) is 1. The predicted molar refractivity (Wildman–Crippen MR) is 90.2 cm³/mol. The number of amides is 1. The van der Waals surface area contributed by atoms with E-state index in [4.69, 9.17) is 4.74 Å². The minimum Gasteiger partial charge on any atom is -0.495 e. The third-order valence-electron chi connectivity index (χ3n) is 4.94. The lowest BCUT2D eigenvalue weighted by Crippen LogP contribution is -2.41. The van der Waals surface area contributed by atoms with Crippen LogP contribution in [0.1, 0.15) is 21.8 Å². The van der Waals surface area contributed by atoms with Gasteiger partial charge in [-0.25, -0.2) is 0 Å². The van der Waals surface area contributed by atoms with Gasteiger partial charge in [-0.2, -0.15) is 0 Å². The molecule has 2 aliphatic heterocycles. The van der Waals surface area contributed by atoms with Crippen LogP contribution in [0.2, 0.25) is 0 Å². The summed E-state index contributed by atoms with van der Waals surface area (Å²) >= 11 is 0. The number of hydrogen-bond acceptors (Lipinski definition) is 3. The standard InChI is InChI=1S/C19H20N2O2/c1-23-17-9-5-8-15-16-11-20-10-14(16)12-21(18(15)17)19(22)13-6-3-2-4-7-13/h2-9,14,16,20H,10-12H2,1H3/t14-,16?/m1/s1. The van der Waals surface area contributed by atoms with Crippen LogP contribution in [0.15, 0.2) is 48.5 Å². The molecule has 2 atom stereocenters. The third kappa shape index (κ3) is 2.30. The van der Waals surface area contributed by atoms with Crippen LogP contribution in [0.4, 0.5) is 5.69 Å². The zero-order valence-electron chi connectivity index (χ0n) is 13.2. The molecule has 0 aromatic heterocycles. The molecular formula is C19H20N2O2. The molecule has 4 rings (SSSR count). The highest BCUT2D eigenvalue weighted by atomic mass is 16.5. The fourth-order valence-electron chi connectivity index (χ4n) is 3.83. The first kappa shape index (κ1) is 14.3. The maximum atomic E-state index is 13.1. The summed E-state index contributed by atoms with van der Waals surface area (Å²) in [6, 6.07) is 15.6. The summed E-state index contributed by atoms with van der Waals surface area (Å²) in [6.45, 7) is 2.66. The van der Waals surface area contributed by atoms with E-state index in [1.54, 1.807) is 7.11 Å². The van der Waals surface area contributed by atoms with E-state index in [1.165, 1.54) is 5.56 Å². The third-order valence-corrected chi connectivity index (χ3v) is 4.94. The summed E-state index contributed by atoms with van der Waals surface area (Å²) in [4.78, 5) is 15.0. The normalized spacial score (nSPS) is 22.4. The Morgan fingerprint density at radius 3 is 2.74 bits per heavy atom. The van der Waals surface area contributed by atoms with E-state index in [2.05, 4.69) is 11.4 Å². The number of nitrogens with zero attached hydrogens (tertiary/aromatic N) is 1. The summed E-state index contributed by atoms with van der Waals surface area (Å²) in [5.41, 5.74) is 2.87. The van der Waals surface area contributed by atoms with Crippen LogP contribution in [0.3, 0.4) is 0 Å². The average Bonchev–Trinajstić information content (AvgIpc) is 3.09. The summed E-state index contributed by atoms with van der Waals surface area (Å²) in [7, 11) is 1.67. The first-order valence-electron chi connectivity index (χ1n) is 8.04. The largest absolute Gasteiger partial charge is 0.495 e. The molecule has 23 heavy (non-hydrogen) atoms. The lowest BCUT2D eigenvalue weighted by Gasteiger charge is -2.37. The van der Waals surface area contributed by atoms with E-state index in [9.17, 15) is 4.79 Å². The number of hydrogen-bond donors (Lipinski definition) is 1. The lowest BCUT2D eigenvalue weighted by molar-refractivity contribution is 0.0979. The molecule has 0 aliphatic carbocycles. The second-order valence-corrected chi connectivity index (χ2v) is 6.20. The van der Waals surface area contributed by atoms with E-state index in [0.717, 1.165) is 31.1 Å². The summed E-state index contributed by atoms with van der Waals surface area (Å²) in [5, 5.41) is 3.46. The van der Waals surface area contributed by atoms with Crippen LogP contribution in [0, 0.1) is 5.92 Å². The average molecular weight is 308 g/mol. The van der Waals surface area contributed by atoms with Crippen molar-refractivity contribution >= 4 is 11.6 Å². The molecule has 4 nitrogen and oxygen atoms in total. The number of para-hydroxylation sites is 1. The van der Waals surface area contributed by atoms with Crippen molar-refractivity contribution in [1.29, 1.82) is 0 Å². The molecule has 1 fully saturated rings. The van der Waals surface area contributed by atoms with Gasteiger partial charge in [-0.05, 0) is 29.7 Å². The minimum atomic E-state index is 0.0432. The van der Waals surface area contributed by atoms with Crippen molar-refractivity contribution in [3.63, 3.8) is 0 Å². The molecule has 0 saturated carbocycles. The van der Waals surface area contributed by atoms with Crippen molar-refractivity contribution in [3.8, 4) is 5.75 Å². The fourth-order valence-corrected chi connectivity index (χ4v) is 3.83. The molecule has 1 saturated heterocycles. The fraction of sp³-hybridized carbons (Fsp3) is 0.316. The van der Waals surface area contributed by atoms with Gasteiger partial charge in [0.15, 0.2) is 0 Å². The Balaban J connectivity index is 1.82. The van der Waals surface area contributed by atoms with Crippen LogP contribution in [0.25, 0.3) is 0 Å². The second-order valence-electron chi connectivity index (χ2n) is 6.20. The Labute approximate surface area is 136 Å². The maximum Gasteiger partial charge on any atom is 0.258 e. The molecule has 0 bridgehead atoms. The number of fused-ring (bicyclic) bond motifs is 3. The van der Waals surface area contributed by atoms with E-state index in [0.29, 0.717) is 17.4 Å². The van der Waals surface area contributed by atoms with Crippen LogP contribution in [-0.2, 0) is 0 Å². The van der Waals surface area contributed by atoms with Gasteiger partial charge < -0.3 is 15.0 Å². The number of ether oxygens (including phenoxy) is 1. The van der Waals surface area contributed by atoms with Crippen LogP contribution in [-0.4, -0.2) is 32.7 Å². The smallest absolute Gasteiger partial charge is 0.258 e. The lowest BCUT2D eigenvalue weighted by atomic mass is 9.83. The number of benzene rings is 2. The van der Waals surface area contributed by atoms with Gasteiger partial charge in [0.25, 0.3) is 5.91 Å². The van der Waals surface area contributed by atoms with Gasteiger partial charge in [-0.1, -0.05) is 30.3 Å². The first-order chi connectivity index (χ1) is 11.3. The Hall–Kier alpha value is -2.33.